The summed E-state index contributed by atoms with van der Waals surface area (Å²) in [5.41, 5.74) is 7.56. The standard InChI is InChI=1S/C13H18N2OS/c1-15(13(16)12-6-3-7-17-12)9-10-4-2-5-11(14)8-10/h2,4-5,8,12H,3,6-7,9,14H2,1H3. The van der Waals surface area contributed by atoms with Crippen LogP contribution in [0.1, 0.15) is 18.4 Å². The first-order valence-corrected chi connectivity index (χ1v) is 6.92. The molecule has 0 bridgehead atoms. The van der Waals surface area contributed by atoms with Gasteiger partial charge in [0.2, 0.25) is 5.91 Å². The summed E-state index contributed by atoms with van der Waals surface area (Å²) in [6.45, 7) is 0.640. The quantitative estimate of drug-likeness (QED) is 0.836. The molecule has 1 aliphatic heterocycles. The van der Waals surface area contributed by atoms with Crippen molar-refractivity contribution in [1.82, 2.24) is 4.90 Å². The molecule has 17 heavy (non-hydrogen) atoms. The van der Waals surface area contributed by atoms with Crippen LogP contribution in [0.25, 0.3) is 0 Å². The van der Waals surface area contributed by atoms with E-state index in [2.05, 4.69) is 0 Å². The summed E-state index contributed by atoms with van der Waals surface area (Å²) in [6, 6.07) is 7.71. The normalized spacial score (nSPS) is 19.2. The third kappa shape index (κ3) is 3.16. The fraction of sp³-hybridized carbons (Fsp3) is 0.462. The van der Waals surface area contributed by atoms with Gasteiger partial charge in [-0.1, -0.05) is 12.1 Å². The fourth-order valence-corrected chi connectivity index (χ4v) is 3.34. The van der Waals surface area contributed by atoms with Crippen LogP contribution in [0.15, 0.2) is 24.3 Å². The number of nitrogens with zero attached hydrogens (tertiary/aromatic N) is 1. The van der Waals surface area contributed by atoms with E-state index in [0.717, 1.165) is 29.8 Å². The van der Waals surface area contributed by atoms with Gasteiger partial charge in [0.15, 0.2) is 0 Å². The molecule has 1 aromatic rings. The lowest BCUT2D eigenvalue weighted by atomic mass is 10.2. The predicted octanol–water partition coefficient (Wildman–Crippen LogP) is 2.12. The number of carbonyl (C=O) groups excluding carboxylic acids is 1. The van der Waals surface area contributed by atoms with Gasteiger partial charge in [0.1, 0.15) is 0 Å². The first-order chi connectivity index (χ1) is 8.16. The van der Waals surface area contributed by atoms with Crippen LogP contribution in [0.4, 0.5) is 5.69 Å². The Bertz CT molecular complexity index is 402. The molecule has 92 valence electrons. The van der Waals surface area contributed by atoms with E-state index in [9.17, 15) is 4.79 Å². The van der Waals surface area contributed by atoms with Gasteiger partial charge in [0.25, 0.3) is 0 Å². The number of hydrogen-bond donors (Lipinski definition) is 1. The molecular formula is C13H18N2OS. The highest BCUT2D eigenvalue weighted by atomic mass is 32.2. The number of carbonyl (C=O) groups is 1. The van der Waals surface area contributed by atoms with Crippen LogP contribution in [0.3, 0.4) is 0 Å². The van der Waals surface area contributed by atoms with Gasteiger partial charge >= 0.3 is 0 Å². The molecule has 2 N–H and O–H groups in total. The van der Waals surface area contributed by atoms with E-state index in [1.165, 1.54) is 0 Å². The Morgan fingerprint density at radius 2 is 2.41 bits per heavy atom. The summed E-state index contributed by atoms with van der Waals surface area (Å²) in [5.74, 6) is 1.36. The predicted molar refractivity (Wildman–Crippen MR) is 72.8 cm³/mol. The van der Waals surface area contributed by atoms with E-state index in [1.54, 1.807) is 16.7 Å². The van der Waals surface area contributed by atoms with Crippen LogP contribution >= 0.6 is 11.8 Å². The van der Waals surface area contributed by atoms with Crippen LogP contribution < -0.4 is 5.73 Å². The Hall–Kier alpha value is -1.16. The van der Waals surface area contributed by atoms with Crippen LogP contribution in [0.2, 0.25) is 0 Å². The molecule has 3 nitrogen and oxygen atoms in total. The average molecular weight is 250 g/mol. The number of amides is 1. The molecule has 0 spiro atoms. The Labute approximate surface area is 106 Å². The SMILES string of the molecule is CN(Cc1cccc(N)c1)C(=O)C1CCCS1. The van der Waals surface area contributed by atoms with Crippen LogP contribution in [-0.2, 0) is 11.3 Å². The van der Waals surface area contributed by atoms with Gasteiger partial charge in [-0.3, -0.25) is 4.79 Å². The number of rotatable bonds is 3. The van der Waals surface area contributed by atoms with E-state index in [0.29, 0.717) is 6.54 Å². The highest BCUT2D eigenvalue weighted by molar-refractivity contribution is 8.00. The maximum atomic E-state index is 12.1. The van der Waals surface area contributed by atoms with E-state index in [-0.39, 0.29) is 11.2 Å². The van der Waals surface area contributed by atoms with E-state index < -0.39 is 0 Å². The molecule has 2 rings (SSSR count). The minimum atomic E-state index is 0.168. The number of benzene rings is 1. The third-order valence-corrected chi connectivity index (χ3v) is 4.32. The minimum Gasteiger partial charge on any atom is -0.399 e. The number of thioether (sulfide) groups is 1. The molecule has 1 fully saturated rings. The number of hydrogen-bond acceptors (Lipinski definition) is 3. The summed E-state index contributed by atoms with van der Waals surface area (Å²) >= 11 is 1.78. The molecule has 0 aromatic heterocycles. The van der Waals surface area contributed by atoms with Crippen LogP contribution in [0.5, 0.6) is 0 Å². The molecular weight excluding hydrogens is 232 g/mol. The molecule has 0 saturated carbocycles. The zero-order chi connectivity index (χ0) is 12.3. The largest absolute Gasteiger partial charge is 0.399 e. The number of nitrogen functional groups attached to an aromatic ring is 1. The van der Waals surface area contributed by atoms with Gasteiger partial charge in [0.05, 0.1) is 5.25 Å². The first kappa shape index (κ1) is 12.3. The zero-order valence-electron chi connectivity index (χ0n) is 10.1. The highest BCUT2D eigenvalue weighted by Gasteiger charge is 2.25. The Morgan fingerprint density at radius 1 is 1.59 bits per heavy atom. The van der Waals surface area contributed by atoms with Crippen molar-refractivity contribution < 1.29 is 4.79 Å². The second-order valence-corrected chi connectivity index (χ2v) is 5.75. The third-order valence-electron chi connectivity index (χ3n) is 2.95. The first-order valence-electron chi connectivity index (χ1n) is 5.88. The van der Waals surface area contributed by atoms with Crippen molar-refractivity contribution in [3.63, 3.8) is 0 Å². The van der Waals surface area contributed by atoms with Crippen molar-refractivity contribution in [2.75, 3.05) is 18.5 Å². The number of anilines is 1. The maximum Gasteiger partial charge on any atom is 0.235 e. The Morgan fingerprint density at radius 3 is 3.06 bits per heavy atom. The smallest absolute Gasteiger partial charge is 0.235 e. The summed E-state index contributed by atoms with van der Waals surface area (Å²) in [6.07, 6.45) is 2.18. The van der Waals surface area contributed by atoms with E-state index in [1.807, 2.05) is 31.3 Å². The molecule has 1 unspecified atom stereocenters. The average Bonchev–Trinajstić information content (AvgIpc) is 2.81. The maximum absolute atomic E-state index is 12.1. The molecule has 1 aliphatic rings. The molecule has 1 heterocycles. The minimum absolute atomic E-state index is 0.168. The summed E-state index contributed by atoms with van der Waals surface area (Å²) in [7, 11) is 1.87. The lowest BCUT2D eigenvalue weighted by Crippen LogP contribution is -2.33. The van der Waals surface area contributed by atoms with Gasteiger partial charge in [-0.25, -0.2) is 0 Å². The topological polar surface area (TPSA) is 46.3 Å². The van der Waals surface area contributed by atoms with Gasteiger partial charge in [-0.05, 0) is 36.3 Å². The van der Waals surface area contributed by atoms with Gasteiger partial charge in [-0.15, -0.1) is 11.8 Å². The Balaban J connectivity index is 1.96. The summed E-state index contributed by atoms with van der Waals surface area (Å²) in [4.78, 5) is 13.9. The van der Waals surface area contributed by atoms with E-state index in [4.69, 9.17) is 5.73 Å². The van der Waals surface area contributed by atoms with Crippen LogP contribution in [0, 0.1) is 0 Å². The lowest BCUT2D eigenvalue weighted by molar-refractivity contribution is -0.129. The fourth-order valence-electron chi connectivity index (χ4n) is 2.06. The molecule has 1 saturated heterocycles. The molecule has 4 heteroatoms. The lowest BCUT2D eigenvalue weighted by Gasteiger charge is -2.20. The van der Waals surface area contributed by atoms with Crippen LogP contribution in [-0.4, -0.2) is 28.9 Å². The second-order valence-electron chi connectivity index (χ2n) is 4.44. The van der Waals surface area contributed by atoms with Crippen molar-refractivity contribution in [1.29, 1.82) is 0 Å². The summed E-state index contributed by atoms with van der Waals surface area (Å²) < 4.78 is 0. The van der Waals surface area contributed by atoms with Crippen molar-refractivity contribution in [3.8, 4) is 0 Å². The molecule has 1 atom stereocenters. The van der Waals surface area contributed by atoms with Crippen molar-refractivity contribution in [2.45, 2.75) is 24.6 Å². The van der Waals surface area contributed by atoms with Crippen molar-refractivity contribution in [2.24, 2.45) is 0 Å². The highest BCUT2D eigenvalue weighted by Crippen LogP contribution is 2.27. The molecule has 0 radical (unpaired) electrons. The monoisotopic (exact) mass is 250 g/mol. The Kier molecular flexibility index (Phi) is 3.94. The molecule has 1 amide bonds. The second kappa shape index (κ2) is 5.45. The van der Waals surface area contributed by atoms with Crippen molar-refractivity contribution in [3.05, 3.63) is 29.8 Å². The molecule has 1 aromatic carbocycles. The summed E-state index contributed by atoms with van der Waals surface area (Å²) in [5, 5.41) is 0.168. The van der Waals surface area contributed by atoms with Gasteiger partial charge < -0.3 is 10.6 Å². The molecule has 0 aliphatic carbocycles. The van der Waals surface area contributed by atoms with Crippen molar-refractivity contribution >= 4 is 23.4 Å². The number of nitrogens with two attached hydrogens (primary N) is 1. The van der Waals surface area contributed by atoms with Gasteiger partial charge in [0, 0.05) is 19.3 Å². The zero-order valence-corrected chi connectivity index (χ0v) is 10.9. The van der Waals surface area contributed by atoms with Gasteiger partial charge in [-0.2, -0.15) is 0 Å². The van der Waals surface area contributed by atoms with E-state index >= 15 is 0 Å².